The number of hydrogen-bond acceptors (Lipinski definition) is 6. The first-order valence-electron chi connectivity index (χ1n) is 11.2. The van der Waals surface area contributed by atoms with Gasteiger partial charge in [0.1, 0.15) is 0 Å². The van der Waals surface area contributed by atoms with Crippen molar-refractivity contribution in [1.29, 1.82) is 0 Å². The molecule has 0 atom stereocenters. The first-order valence-corrected chi connectivity index (χ1v) is 11.2. The highest BCUT2D eigenvalue weighted by molar-refractivity contribution is 5.93. The Kier molecular flexibility index (Phi) is 6.81. The third kappa shape index (κ3) is 5.16. The van der Waals surface area contributed by atoms with Crippen LogP contribution in [0.5, 0.6) is 0 Å². The van der Waals surface area contributed by atoms with Crippen molar-refractivity contribution < 1.29 is 22.7 Å². The van der Waals surface area contributed by atoms with Gasteiger partial charge in [-0.3, -0.25) is 4.79 Å². The molecule has 35 heavy (non-hydrogen) atoms. The highest BCUT2D eigenvalue weighted by Gasteiger charge is 2.31. The quantitative estimate of drug-likeness (QED) is 0.507. The monoisotopic (exact) mass is 486 g/mol. The van der Waals surface area contributed by atoms with Gasteiger partial charge in [-0.15, -0.1) is 0 Å². The Balaban J connectivity index is 1.63. The summed E-state index contributed by atoms with van der Waals surface area (Å²) in [5.74, 6) is -0.648. The lowest BCUT2D eigenvalue weighted by Crippen LogP contribution is -2.47. The highest BCUT2D eigenvalue weighted by atomic mass is 19.4. The van der Waals surface area contributed by atoms with E-state index < -0.39 is 23.3 Å². The van der Waals surface area contributed by atoms with Crippen LogP contribution in [0, 0.1) is 6.92 Å². The summed E-state index contributed by atoms with van der Waals surface area (Å²) < 4.78 is 45.7. The number of aryl methyl sites for hydroxylation is 1. The zero-order chi connectivity index (χ0) is 25.2. The van der Waals surface area contributed by atoms with Crippen LogP contribution in [0.25, 0.3) is 5.69 Å². The van der Waals surface area contributed by atoms with E-state index >= 15 is 0 Å². The number of benzene rings is 2. The number of carbonyl (C=O) groups is 1. The molecule has 2 heterocycles. The first-order chi connectivity index (χ1) is 16.7. The van der Waals surface area contributed by atoms with Crippen molar-refractivity contribution in [3.8, 4) is 5.69 Å². The molecule has 0 radical (unpaired) electrons. The fourth-order valence-electron chi connectivity index (χ4n) is 4.09. The molecule has 3 aromatic rings. The number of carbonyl (C=O) groups excluding carboxylic acids is 1. The number of esters is 1. The summed E-state index contributed by atoms with van der Waals surface area (Å²) in [6, 6.07) is 13.8. The van der Waals surface area contributed by atoms with Crippen molar-refractivity contribution in [3.63, 3.8) is 0 Å². The number of para-hydroxylation sites is 1. The van der Waals surface area contributed by atoms with Gasteiger partial charge in [-0.25, -0.2) is 4.79 Å². The Bertz CT molecular complexity index is 1280. The minimum absolute atomic E-state index is 0.0159. The molecule has 0 unspecified atom stereocenters. The van der Waals surface area contributed by atoms with Crippen LogP contribution in [-0.4, -0.2) is 48.5 Å². The first kappa shape index (κ1) is 24.3. The molecular formula is C25H25F3N4O3. The predicted molar refractivity (Wildman–Crippen MR) is 126 cm³/mol. The molecule has 0 spiro atoms. The van der Waals surface area contributed by atoms with E-state index in [1.807, 2.05) is 28.9 Å². The lowest BCUT2D eigenvalue weighted by molar-refractivity contribution is -0.137. The number of anilines is 2. The molecule has 0 amide bonds. The maximum Gasteiger partial charge on any atom is 0.416 e. The van der Waals surface area contributed by atoms with Crippen LogP contribution in [0.15, 0.2) is 59.4 Å². The predicted octanol–water partition coefficient (Wildman–Crippen LogP) is 4.06. The molecule has 1 fully saturated rings. The van der Waals surface area contributed by atoms with Crippen molar-refractivity contribution in [2.75, 3.05) is 42.6 Å². The molecular weight excluding hydrogens is 461 g/mol. The smallest absolute Gasteiger partial charge is 0.416 e. The van der Waals surface area contributed by atoms with Crippen molar-refractivity contribution >= 4 is 17.3 Å². The van der Waals surface area contributed by atoms with E-state index in [4.69, 9.17) is 4.74 Å². The number of aromatic nitrogens is 2. The second-order valence-corrected chi connectivity index (χ2v) is 8.16. The van der Waals surface area contributed by atoms with Crippen molar-refractivity contribution in [3.05, 3.63) is 81.8 Å². The summed E-state index contributed by atoms with van der Waals surface area (Å²) in [6.45, 7) is 5.26. The SMILES string of the molecule is CCOC(=O)c1nn(-c2ccccc2C)c(=O)cc1N1CCN(c2cccc(C(F)(F)F)c2)CC1. The van der Waals surface area contributed by atoms with E-state index in [9.17, 15) is 22.8 Å². The van der Waals surface area contributed by atoms with Gasteiger partial charge in [-0.05, 0) is 43.7 Å². The molecule has 7 nitrogen and oxygen atoms in total. The second-order valence-electron chi connectivity index (χ2n) is 8.16. The van der Waals surface area contributed by atoms with Crippen molar-refractivity contribution in [2.45, 2.75) is 20.0 Å². The third-order valence-electron chi connectivity index (χ3n) is 5.88. The molecule has 1 aliphatic heterocycles. The van der Waals surface area contributed by atoms with Gasteiger partial charge < -0.3 is 14.5 Å². The van der Waals surface area contributed by atoms with E-state index in [1.54, 1.807) is 25.1 Å². The lowest BCUT2D eigenvalue weighted by Gasteiger charge is -2.37. The Morgan fingerprint density at radius 1 is 0.971 bits per heavy atom. The van der Waals surface area contributed by atoms with Gasteiger partial charge in [0, 0.05) is 37.9 Å². The summed E-state index contributed by atoms with van der Waals surface area (Å²) in [4.78, 5) is 29.4. The molecule has 0 N–H and O–H groups in total. The van der Waals surface area contributed by atoms with E-state index in [0.717, 1.165) is 17.7 Å². The zero-order valence-corrected chi connectivity index (χ0v) is 19.4. The van der Waals surface area contributed by atoms with Gasteiger partial charge in [0.15, 0.2) is 5.69 Å². The highest BCUT2D eigenvalue weighted by Crippen LogP contribution is 2.32. The molecule has 4 rings (SSSR count). The summed E-state index contributed by atoms with van der Waals surface area (Å²) in [6.07, 6.45) is -4.42. The molecule has 0 aliphatic carbocycles. The van der Waals surface area contributed by atoms with Crippen LogP contribution >= 0.6 is 0 Å². The average Bonchev–Trinajstić information content (AvgIpc) is 2.84. The topological polar surface area (TPSA) is 67.7 Å². The Hall–Kier alpha value is -3.82. The Morgan fingerprint density at radius 3 is 2.31 bits per heavy atom. The maximum absolute atomic E-state index is 13.1. The number of nitrogens with zero attached hydrogens (tertiary/aromatic N) is 4. The maximum atomic E-state index is 13.1. The van der Waals surface area contributed by atoms with Crippen LogP contribution in [0.3, 0.4) is 0 Å². The minimum atomic E-state index is -4.42. The van der Waals surface area contributed by atoms with Gasteiger partial charge in [-0.2, -0.15) is 23.0 Å². The van der Waals surface area contributed by atoms with Gasteiger partial charge in [-0.1, -0.05) is 24.3 Å². The number of rotatable bonds is 5. The minimum Gasteiger partial charge on any atom is -0.461 e. The van der Waals surface area contributed by atoms with E-state index in [2.05, 4.69) is 5.10 Å². The van der Waals surface area contributed by atoms with E-state index in [-0.39, 0.29) is 12.3 Å². The number of alkyl halides is 3. The molecule has 0 bridgehead atoms. The second kappa shape index (κ2) is 9.81. The van der Waals surface area contributed by atoms with Gasteiger partial charge in [0.25, 0.3) is 5.56 Å². The van der Waals surface area contributed by atoms with Crippen molar-refractivity contribution in [1.82, 2.24) is 9.78 Å². The zero-order valence-electron chi connectivity index (χ0n) is 19.4. The number of ether oxygens (including phenoxy) is 1. The number of piperazine rings is 1. The number of halogens is 3. The van der Waals surface area contributed by atoms with Gasteiger partial charge >= 0.3 is 12.1 Å². The summed E-state index contributed by atoms with van der Waals surface area (Å²) in [5.41, 5.74) is 1.11. The molecule has 2 aromatic carbocycles. The molecule has 1 saturated heterocycles. The fraction of sp³-hybridized carbons (Fsp3) is 0.320. The summed E-state index contributed by atoms with van der Waals surface area (Å²) in [5, 5.41) is 4.36. The molecule has 184 valence electrons. The number of hydrogen-bond donors (Lipinski definition) is 0. The normalized spacial score (nSPS) is 14.2. The molecule has 0 saturated carbocycles. The summed E-state index contributed by atoms with van der Waals surface area (Å²) in [7, 11) is 0. The molecule has 1 aromatic heterocycles. The van der Waals surface area contributed by atoms with Crippen molar-refractivity contribution in [2.24, 2.45) is 0 Å². The van der Waals surface area contributed by atoms with Crippen LogP contribution < -0.4 is 15.4 Å². The van der Waals surface area contributed by atoms with Gasteiger partial charge in [0.05, 0.1) is 23.5 Å². The fourth-order valence-corrected chi connectivity index (χ4v) is 4.09. The van der Waals surface area contributed by atoms with Crippen LogP contribution in [0.1, 0.15) is 28.5 Å². The average molecular weight is 486 g/mol. The van der Waals surface area contributed by atoms with Crippen LogP contribution in [-0.2, 0) is 10.9 Å². The van der Waals surface area contributed by atoms with Crippen LogP contribution in [0.4, 0.5) is 24.5 Å². The van der Waals surface area contributed by atoms with E-state index in [1.165, 1.54) is 16.8 Å². The summed E-state index contributed by atoms with van der Waals surface area (Å²) >= 11 is 0. The Morgan fingerprint density at radius 2 is 1.66 bits per heavy atom. The van der Waals surface area contributed by atoms with E-state index in [0.29, 0.717) is 43.2 Å². The molecule has 1 aliphatic rings. The molecule has 10 heteroatoms. The lowest BCUT2D eigenvalue weighted by atomic mass is 10.1. The van der Waals surface area contributed by atoms with Crippen LogP contribution in [0.2, 0.25) is 0 Å². The largest absolute Gasteiger partial charge is 0.461 e. The standard InChI is InChI=1S/C25H25F3N4O3/c1-3-35-24(34)23-21(16-22(33)32(29-23)20-10-5-4-7-17(20)2)31-13-11-30(12-14-31)19-9-6-8-18(15-19)25(26,27)28/h4-10,15-16H,3,11-14H2,1-2H3. The Labute approximate surface area is 200 Å². The third-order valence-corrected chi connectivity index (χ3v) is 5.88. The van der Waals surface area contributed by atoms with Gasteiger partial charge in [0.2, 0.25) is 0 Å².